The number of hydrogen-bond acceptors (Lipinski definition) is 1. The van der Waals surface area contributed by atoms with Crippen LogP contribution in [0, 0.1) is 12.7 Å². The number of hydrogen-bond donors (Lipinski definition) is 1. The molecule has 0 saturated carbocycles. The average molecular weight is 250 g/mol. The van der Waals surface area contributed by atoms with Crippen LogP contribution in [0.2, 0.25) is 5.02 Å². The number of rotatable bonds is 2. The zero-order chi connectivity index (χ0) is 12.4. The van der Waals surface area contributed by atoms with Crippen LogP contribution in [0.3, 0.4) is 0 Å². The first-order valence-corrected chi connectivity index (χ1v) is 5.74. The summed E-state index contributed by atoms with van der Waals surface area (Å²) in [6.45, 7) is 2.44. The molecule has 0 radical (unpaired) electrons. The van der Waals surface area contributed by atoms with E-state index in [1.54, 1.807) is 6.07 Å². The van der Waals surface area contributed by atoms with Gasteiger partial charge in [-0.15, -0.1) is 0 Å². The van der Waals surface area contributed by atoms with E-state index < -0.39 is 0 Å². The quantitative estimate of drug-likeness (QED) is 0.858. The zero-order valence-electron chi connectivity index (χ0n) is 9.50. The van der Waals surface area contributed by atoms with Gasteiger partial charge in [-0.05, 0) is 36.2 Å². The second-order valence-corrected chi connectivity index (χ2v) is 4.40. The predicted octanol–water partition coefficient (Wildman–Crippen LogP) is 3.91. The Morgan fingerprint density at radius 1 is 1.12 bits per heavy atom. The van der Waals surface area contributed by atoms with Crippen LogP contribution in [-0.2, 0) is 6.54 Å². The Hall–Kier alpha value is -1.38. The van der Waals surface area contributed by atoms with Gasteiger partial charge >= 0.3 is 0 Å². The van der Waals surface area contributed by atoms with Gasteiger partial charge in [-0.1, -0.05) is 35.4 Å². The molecular formula is C14H13ClFN. The molecule has 2 aromatic carbocycles. The van der Waals surface area contributed by atoms with Crippen molar-refractivity contribution in [2.45, 2.75) is 13.5 Å². The molecule has 17 heavy (non-hydrogen) atoms. The van der Waals surface area contributed by atoms with Crippen molar-refractivity contribution in [2.75, 3.05) is 0 Å². The molecule has 3 heteroatoms. The standard InChI is InChI=1S/C14H13ClFN/c1-9-2-3-10(8-17)13(6-9)12-5-4-11(16)7-14(12)15/h2-7H,8,17H2,1H3. The van der Waals surface area contributed by atoms with Gasteiger partial charge in [0, 0.05) is 12.1 Å². The third-order valence-electron chi connectivity index (χ3n) is 2.71. The number of nitrogens with two attached hydrogens (primary N) is 1. The molecule has 0 amide bonds. The minimum Gasteiger partial charge on any atom is -0.326 e. The van der Waals surface area contributed by atoms with Gasteiger partial charge < -0.3 is 5.73 Å². The van der Waals surface area contributed by atoms with Gasteiger partial charge in [0.1, 0.15) is 5.82 Å². The van der Waals surface area contributed by atoms with E-state index in [-0.39, 0.29) is 5.82 Å². The van der Waals surface area contributed by atoms with Crippen molar-refractivity contribution >= 4 is 11.6 Å². The molecule has 2 aromatic rings. The minimum atomic E-state index is -0.333. The monoisotopic (exact) mass is 249 g/mol. The predicted molar refractivity (Wildman–Crippen MR) is 69.5 cm³/mol. The van der Waals surface area contributed by atoms with E-state index in [1.165, 1.54) is 12.1 Å². The van der Waals surface area contributed by atoms with Crippen molar-refractivity contribution in [2.24, 2.45) is 5.73 Å². The summed E-state index contributed by atoms with van der Waals surface area (Å²) in [4.78, 5) is 0. The maximum absolute atomic E-state index is 13.0. The van der Waals surface area contributed by atoms with Gasteiger partial charge in [0.25, 0.3) is 0 Å². The summed E-state index contributed by atoms with van der Waals surface area (Å²) in [6, 6.07) is 10.4. The Kier molecular flexibility index (Phi) is 3.46. The molecule has 1 nitrogen and oxygen atoms in total. The average Bonchev–Trinajstić information content (AvgIpc) is 2.29. The Balaban J connectivity index is 2.62. The highest BCUT2D eigenvalue weighted by Crippen LogP contribution is 2.31. The maximum Gasteiger partial charge on any atom is 0.124 e. The third kappa shape index (κ3) is 2.48. The van der Waals surface area contributed by atoms with Gasteiger partial charge in [0.2, 0.25) is 0 Å². The van der Waals surface area contributed by atoms with Crippen molar-refractivity contribution in [1.29, 1.82) is 0 Å². The van der Waals surface area contributed by atoms with E-state index in [2.05, 4.69) is 0 Å². The van der Waals surface area contributed by atoms with E-state index in [0.717, 1.165) is 22.3 Å². The molecule has 0 aromatic heterocycles. The fourth-order valence-electron chi connectivity index (χ4n) is 1.83. The molecule has 0 aliphatic heterocycles. The Bertz CT molecular complexity index is 552. The molecule has 0 heterocycles. The van der Waals surface area contributed by atoms with Crippen LogP contribution >= 0.6 is 11.6 Å². The molecular weight excluding hydrogens is 237 g/mol. The molecule has 0 aliphatic carbocycles. The van der Waals surface area contributed by atoms with Gasteiger partial charge in [0.05, 0.1) is 5.02 Å². The molecule has 0 aliphatic rings. The Labute approximate surface area is 105 Å². The topological polar surface area (TPSA) is 26.0 Å². The van der Waals surface area contributed by atoms with Crippen molar-refractivity contribution in [1.82, 2.24) is 0 Å². The molecule has 0 bridgehead atoms. The SMILES string of the molecule is Cc1ccc(CN)c(-c2ccc(F)cc2Cl)c1. The molecule has 0 spiro atoms. The molecule has 88 valence electrons. The van der Waals surface area contributed by atoms with Crippen molar-refractivity contribution in [3.8, 4) is 11.1 Å². The van der Waals surface area contributed by atoms with Gasteiger partial charge in [-0.25, -0.2) is 4.39 Å². The summed E-state index contributed by atoms with van der Waals surface area (Å²) in [5.41, 5.74) is 9.61. The van der Waals surface area contributed by atoms with Crippen molar-refractivity contribution in [3.05, 3.63) is 58.4 Å². The van der Waals surface area contributed by atoms with Crippen LogP contribution in [0.15, 0.2) is 36.4 Å². The lowest BCUT2D eigenvalue weighted by molar-refractivity contribution is 0.628. The molecule has 0 saturated heterocycles. The first-order valence-electron chi connectivity index (χ1n) is 5.37. The highest BCUT2D eigenvalue weighted by Gasteiger charge is 2.09. The second kappa shape index (κ2) is 4.86. The van der Waals surface area contributed by atoms with Crippen molar-refractivity contribution in [3.63, 3.8) is 0 Å². The Morgan fingerprint density at radius 3 is 2.53 bits per heavy atom. The van der Waals surface area contributed by atoms with E-state index in [4.69, 9.17) is 17.3 Å². The highest BCUT2D eigenvalue weighted by molar-refractivity contribution is 6.33. The summed E-state index contributed by atoms with van der Waals surface area (Å²) in [5, 5.41) is 0.408. The third-order valence-corrected chi connectivity index (χ3v) is 3.02. The highest BCUT2D eigenvalue weighted by atomic mass is 35.5. The number of benzene rings is 2. The summed E-state index contributed by atoms with van der Waals surface area (Å²) < 4.78 is 13.0. The summed E-state index contributed by atoms with van der Waals surface area (Å²) in [6.07, 6.45) is 0. The van der Waals surface area contributed by atoms with E-state index >= 15 is 0 Å². The van der Waals surface area contributed by atoms with Gasteiger partial charge in [-0.2, -0.15) is 0 Å². The summed E-state index contributed by atoms with van der Waals surface area (Å²) >= 11 is 6.06. The van der Waals surface area contributed by atoms with Crippen LogP contribution in [0.5, 0.6) is 0 Å². The Morgan fingerprint density at radius 2 is 1.88 bits per heavy atom. The van der Waals surface area contributed by atoms with E-state index in [9.17, 15) is 4.39 Å². The zero-order valence-corrected chi connectivity index (χ0v) is 10.3. The summed E-state index contributed by atoms with van der Waals surface area (Å²) in [7, 11) is 0. The fourth-order valence-corrected chi connectivity index (χ4v) is 2.10. The lowest BCUT2D eigenvalue weighted by atomic mass is 9.97. The van der Waals surface area contributed by atoms with Crippen LogP contribution in [0.4, 0.5) is 4.39 Å². The van der Waals surface area contributed by atoms with E-state index in [1.807, 2.05) is 25.1 Å². The lowest BCUT2D eigenvalue weighted by Crippen LogP contribution is -1.99. The summed E-state index contributed by atoms with van der Waals surface area (Å²) in [5.74, 6) is -0.333. The van der Waals surface area contributed by atoms with E-state index in [0.29, 0.717) is 11.6 Å². The molecule has 2 N–H and O–H groups in total. The van der Waals surface area contributed by atoms with Crippen LogP contribution in [0.1, 0.15) is 11.1 Å². The molecule has 2 rings (SSSR count). The molecule has 0 unspecified atom stereocenters. The maximum atomic E-state index is 13.0. The molecule has 0 fully saturated rings. The smallest absolute Gasteiger partial charge is 0.124 e. The second-order valence-electron chi connectivity index (χ2n) is 3.99. The minimum absolute atomic E-state index is 0.333. The number of aryl methyl sites for hydroxylation is 1. The lowest BCUT2D eigenvalue weighted by Gasteiger charge is -2.11. The molecule has 0 atom stereocenters. The largest absolute Gasteiger partial charge is 0.326 e. The van der Waals surface area contributed by atoms with Gasteiger partial charge in [0.15, 0.2) is 0 Å². The van der Waals surface area contributed by atoms with Crippen LogP contribution < -0.4 is 5.73 Å². The normalized spacial score (nSPS) is 10.6. The fraction of sp³-hybridized carbons (Fsp3) is 0.143. The van der Waals surface area contributed by atoms with Crippen molar-refractivity contribution < 1.29 is 4.39 Å². The van der Waals surface area contributed by atoms with Gasteiger partial charge in [-0.3, -0.25) is 0 Å². The first-order chi connectivity index (χ1) is 8.11. The number of halogens is 2. The first kappa shape index (κ1) is 12.1. The van der Waals surface area contributed by atoms with Crippen LogP contribution in [0.25, 0.3) is 11.1 Å². The van der Waals surface area contributed by atoms with Crippen LogP contribution in [-0.4, -0.2) is 0 Å².